The van der Waals surface area contributed by atoms with Gasteiger partial charge in [0, 0.05) is 10.6 Å². The molecule has 9 heteroatoms. The summed E-state index contributed by atoms with van der Waals surface area (Å²) in [5.41, 5.74) is 1.33. The fraction of sp³-hybridized carbons (Fsp3) is 0.0357. The summed E-state index contributed by atoms with van der Waals surface area (Å²) in [4.78, 5) is 37.8. The van der Waals surface area contributed by atoms with Gasteiger partial charge in [0.15, 0.2) is 0 Å². The molecule has 0 radical (unpaired) electrons. The van der Waals surface area contributed by atoms with Crippen LogP contribution < -0.4 is 10.6 Å². The highest BCUT2D eigenvalue weighted by atomic mass is 35.5. The zero-order valence-corrected chi connectivity index (χ0v) is 20.7. The minimum absolute atomic E-state index is 0.00312. The van der Waals surface area contributed by atoms with E-state index in [9.17, 15) is 23.9 Å². The van der Waals surface area contributed by atoms with E-state index < -0.39 is 28.9 Å². The van der Waals surface area contributed by atoms with Gasteiger partial charge in [0.25, 0.3) is 5.91 Å². The first kappa shape index (κ1) is 25.9. The number of amides is 2. The summed E-state index contributed by atoms with van der Waals surface area (Å²) >= 11 is 7.46. The van der Waals surface area contributed by atoms with Crippen LogP contribution in [0.15, 0.2) is 102 Å². The van der Waals surface area contributed by atoms with Crippen molar-refractivity contribution >= 4 is 52.5 Å². The highest BCUT2D eigenvalue weighted by Crippen LogP contribution is 2.37. The summed E-state index contributed by atoms with van der Waals surface area (Å²) in [6.45, 7) is 0. The average molecular weight is 535 g/mol. The minimum atomic E-state index is -1.14. The van der Waals surface area contributed by atoms with E-state index in [1.807, 2.05) is 30.3 Å². The molecule has 4 aromatic carbocycles. The number of nitrogens with one attached hydrogen (secondary N) is 2. The van der Waals surface area contributed by atoms with Crippen LogP contribution in [0.1, 0.15) is 31.5 Å². The second kappa shape index (κ2) is 11.7. The molecule has 0 aliphatic heterocycles. The lowest BCUT2D eigenvalue weighted by Gasteiger charge is -2.18. The third-order valence-corrected chi connectivity index (χ3v) is 6.89. The van der Waals surface area contributed by atoms with Crippen LogP contribution in [0.5, 0.6) is 0 Å². The largest absolute Gasteiger partial charge is 0.478 e. The van der Waals surface area contributed by atoms with Crippen molar-refractivity contribution in [3.8, 4) is 0 Å². The Hall–Kier alpha value is -4.14. The van der Waals surface area contributed by atoms with Crippen LogP contribution in [0.4, 0.5) is 15.8 Å². The van der Waals surface area contributed by atoms with E-state index in [0.29, 0.717) is 5.69 Å². The van der Waals surface area contributed by atoms with Gasteiger partial charge < -0.3 is 15.7 Å². The first-order valence-corrected chi connectivity index (χ1v) is 12.3. The standard InChI is InChI=1S/C28H20ClFN2O4S/c29-22-15-10-18(28(35)36)16-24(22)32-27(34)25(17-6-2-1-3-7-17)37-20-13-11-19(12-14-20)31-26(33)21-8-4-5-9-23(21)30/h1-16,25H,(H,31,33)(H,32,34)(H,35,36). The fourth-order valence-corrected chi connectivity index (χ4v) is 4.64. The number of hydrogen-bond donors (Lipinski definition) is 3. The Morgan fingerprint density at radius 1 is 0.838 bits per heavy atom. The van der Waals surface area contributed by atoms with Gasteiger partial charge in [-0.1, -0.05) is 54.1 Å². The number of anilines is 2. The number of benzene rings is 4. The van der Waals surface area contributed by atoms with Crippen molar-refractivity contribution in [2.75, 3.05) is 10.6 Å². The molecule has 0 spiro atoms. The van der Waals surface area contributed by atoms with Crippen LogP contribution in [0.3, 0.4) is 0 Å². The fourth-order valence-electron chi connectivity index (χ4n) is 3.45. The Morgan fingerprint density at radius 2 is 1.51 bits per heavy atom. The number of carboxylic acid groups (broad SMARTS) is 1. The van der Waals surface area contributed by atoms with Crippen molar-refractivity contribution in [1.82, 2.24) is 0 Å². The minimum Gasteiger partial charge on any atom is -0.478 e. The monoisotopic (exact) mass is 534 g/mol. The molecule has 1 unspecified atom stereocenters. The molecule has 3 N–H and O–H groups in total. The lowest BCUT2D eigenvalue weighted by molar-refractivity contribution is -0.115. The van der Waals surface area contributed by atoms with Gasteiger partial charge in [0.1, 0.15) is 11.1 Å². The molecule has 4 aromatic rings. The van der Waals surface area contributed by atoms with E-state index in [2.05, 4.69) is 10.6 Å². The van der Waals surface area contributed by atoms with Gasteiger partial charge >= 0.3 is 5.97 Å². The van der Waals surface area contributed by atoms with Gasteiger partial charge in [0.2, 0.25) is 5.91 Å². The second-order valence-corrected chi connectivity index (χ2v) is 9.44. The van der Waals surface area contributed by atoms with Crippen molar-refractivity contribution in [3.05, 3.63) is 125 Å². The number of halogens is 2. The molecule has 6 nitrogen and oxygen atoms in total. The number of carboxylic acids is 1. The highest BCUT2D eigenvalue weighted by Gasteiger charge is 2.23. The van der Waals surface area contributed by atoms with Crippen LogP contribution in [-0.4, -0.2) is 22.9 Å². The number of hydrogen-bond acceptors (Lipinski definition) is 4. The lowest BCUT2D eigenvalue weighted by atomic mass is 10.1. The average Bonchev–Trinajstić information content (AvgIpc) is 2.90. The van der Waals surface area contributed by atoms with Gasteiger partial charge in [-0.25, -0.2) is 9.18 Å². The Bertz CT molecular complexity index is 1450. The molecule has 0 aliphatic carbocycles. The van der Waals surface area contributed by atoms with E-state index in [1.54, 1.807) is 30.3 Å². The van der Waals surface area contributed by atoms with Gasteiger partial charge in [-0.15, -0.1) is 11.8 Å². The molecule has 0 aliphatic rings. The van der Waals surface area contributed by atoms with Gasteiger partial charge in [-0.05, 0) is 60.2 Å². The molecule has 0 saturated carbocycles. The molecule has 37 heavy (non-hydrogen) atoms. The molecule has 0 saturated heterocycles. The summed E-state index contributed by atoms with van der Waals surface area (Å²) in [5, 5.41) is 14.2. The third-order valence-electron chi connectivity index (χ3n) is 5.30. The maximum Gasteiger partial charge on any atom is 0.335 e. The maximum atomic E-state index is 13.9. The van der Waals surface area contributed by atoms with E-state index in [1.165, 1.54) is 48.2 Å². The van der Waals surface area contributed by atoms with Crippen molar-refractivity contribution in [2.24, 2.45) is 0 Å². The first-order valence-electron chi connectivity index (χ1n) is 11.0. The van der Waals surface area contributed by atoms with Crippen molar-refractivity contribution < 1.29 is 23.9 Å². The Balaban J connectivity index is 1.52. The first-order chi connectivity index (χ1) is 17.8. The molecule has 0 fully saturated rings. The van der Waals surface area contributed by atoms with Crippen molar-refractivity contribution in [1.29, 1.82) is 0 Å². The zero-order valence-electron chi connectivity index (χ0n) is 19.2. The smallest absolute Gasteiger partial charge is 0.335 e. The molecule has 186 valence electrons. The van der Waals surface area contributed by atoms with Crippen molar-refractivity contribution in [2.45, 2.75) is 10.1 Å². The van der Waals surface area contributed by atoms with Gasteiger partial charge in [-0.2, -0.15) is 0 Å². The quantitative estimate of drug-likeness (QED) is 0.214. The van der Waals surface area contributed by atoms with Crippen LogP contribution >= 0.6 is 23.4 Å². The predicted molar refractivity (Wildman–Crippen MR) is 143 cm³/mol. The molecule has 2 amide bonds. The van der Waals surface area contributed by atoms with Crippen LogP contribution in [0, 0.1) is 5.82 Å². The second-order valence-electron chi connectivity index (χ2n) is 7.86. The Labute approximate surface area is 221 Å². The zero-order chi connectivity index (χ0) is 26.4. The normalized spacial score (nSPS) is 11.4. The molecule has 0 aromatic heterocycles. The Kier molecular flexibility index (Phi) is 8.22. The highest BCUT2D eigenvalue weighted by molar-refractivity contribution is 8.00. The van der Waals surface area contributed by atoms with Gasteiger partial charge in [-0.3, -0.25) is 9.59 Å². The molecular formula is C28H20ClFN2O4S. The number of carbonyl (C=O) groups is 3. The third kappa shape index (κ3) is 6.55. The lowest BCUT2D eigenvalue weighted by Crippen LogP contribution is -2.19. The molecule has 0 heterocycles. The van der Waals surface area contributed by atoms with E-state index >= 15 is 0 Å². The summed E-state index contributed by atoms with van der Waals surface area (Å²) in [6.07, 6.45) is 0. The van der Waals surface area contributed by atoms with Gasteiger partial charge in [0.05, 0.1) is 21.8 Å². The number of carbonyl (C=O) groups excluding carboxylic acids is 2. The summed E-state index contributed by atoms with van der Waals surface area (Å²) < 4.78 is 13.9. The SMILES string of the molecule is O=C(O)c1ccc(Cl)c(NC(=O)C(Sc2ccc(NC(=O)c3ccccc3F)cc2)c2ccccc2)c1. The predicted octanol–water partition coefficient (Wildman–Crippen LogP) is 6.90. The number of aromatic carboxylic acids is 1. The molecule has 4 rings (SSSR count). The Morgan fingerprint density at radius 3 is 2.19 bits per heavy atom. The molecule has 0 bridgehead atoms. The van der Waals surface area contributed by atoms with Crippen LogP contribution in [0.25, 0.3) is 0 Å². The van der Waals surface area contributed by atoms with E-state index in [-0.39, 0.29) is 21.8 Å². The summed E-state index contributed by atoms with van der Waals surface area (Å²) in [6, 6.07) is 25.7. The molecule has 1 atom stereocenters. The maximum absolute atomic E-state index is 13.9. The molecular weight excluding hydrogens is 515 g/mol. The summed E-state index contributed by atoms with van der Waals surface area (Å²) in [7, 11) is 0. The van der Waals surface area contributed by atoms with Crippen LogP contribution in [0.2, 0.25) is 5.02 Å². The van der Waals surface area contributed by atoms with E-state index in [0.717, 1.165) is 10.5 Å². The van der Waals surface area contributed by atoms with Crippen molar-refractivity contribution in [3.63, 3.8) is 0 Å². The topological polar surface area (TPSA) is 95.5 Å². The van der Waals surface area contributed by atoms with Crippen LogP contribution in [-0.2, 0) is 4.79 Å². The number of rotatable bonds is 8. The number of thioether (sulfide) groups is 1. The summed E-state index contributed by atoms with van der Waals surface area (Å²) in [5.74, 6) is -2.71. The van der Waals surface area contributed by atoms with E-state index in [4.69, 9.17) is 11.6 Å².